The average molecular weight is 272 g/mol. The largest absolute Gasteiger partial charge is 0.394 e. The lowest BCUT2D eigenvalue weighted by Crippen LogP contribution is -2.44. The van der Waals surface area contributed by atoms with Crippen molar-refractivity contribution in [3.05, 3.63) is 28.7 Å². The topological polar surface area (TPSA) is 32.7 Å². The molecule has 0 spiro atoms. The van der Waals surface area contributed by atoms with Crippen LogP contribution < -0.4 is 4.90 Å². The molecule has 1 atom stereocenters. The van der Waals surface area contributed by atoms with Gasteiger partial charge in [-0.05, 0) is 28.1 Å². The van der Waals surface area contributed by atoms with Gasteiger partial charge in [0.1, 0.15) is 0 Å². The molecular formula is C11H14BrNO2. The summed E-state index contributed by atoms with van der Waals surface area (Å²) in [6.07, 6.45) is -0.0640. The molecule has 1 aliphatic heterocycles. The smallest absolute Gasteiger partial charge is 0.0980 e. The minimum absolute atomic E-state index is 0.0640. The molecule has 0 radical (unpaired) electrons. The van der Waals surface area contributed by atoms with Crippen molar-refractivity contribution in [1.29, 1.82) is 0 Å². The minimum Gasteiger partial charge on any atom is -0.394 e. The van der Waals surface area contributed by atoms with Crippen LogP contribution in [-0.4, -0.2) is 37.5 Å². The van der Waals surface area contributed by atoms with Crippen LogP contribution in [-0.2, 0) is 4.74 Å². The number of anilines is 1. The fraction of sp³-hybridized carbons (Fsp3) is 0.455. The van der Waals surface area contributed by atoms with Gasteiger partial charge in [-0.25, -0.2) is 0 Å². The number of benzene rings is 1. The first-order valence-electron chi connectivity index (χ1n) is 5.03. The van der Waals surface area contributed by atoms with Gasteiger partial charge in [-0.2, -0.15) is 0 Å². The Hall–Kier alpha value is -0.580. The summed E-state index contributed by atoms with van der Waals surface area (Å²) in [5.74, 6) is 0. The molecule has 1 aromatic rings. The average Bonchev–Trinajstić information content (AvgIpc) is 2.30. The summed E-state index contributed by atoms with van der Waals surface area (Å²) >= 11 is 3.53. The molecule has 4 heteroatoms. The van der Waals surface area contributed by atoms with Crippen LogP contribution in [0.4, 0.5) is 5.69 Å². The lowest BCUT2D eigenvalue weighted by molar-refractivity contribution is 0.00353. The zero-order valence-corrected chi connectivity index (χ0v) is 9.98. The van der Waals surface area contributed by atoms with Crippen molar-refractivity contribution in [2.75, 3.05) is 31.2 Å². The van der Waals surface area contributed by atoms with E-state index in [2.05, 4.69) is 26.9 Å². The van der Waals surface area contributed by atoms with Gasteiger partial charge < -0.3 is 14.7 Å². The van der Waals surface area contributed by atoms with E-state index in [1.165, 1.54) is 5.69 Å². The number of halogens is 1. The second-order valence-corrected chi connectivity index (χ2v) is 4.43. The maximum Gasteiger partial charge on any atom is 0.0980 e. The van der Waals surface area contributed by atoms with Crippen LogP contribution in [0.1, 0.15) is 0 Å². The van der Waals surface area contributed by atoms with Gasteiger partial charge in [0.15, 0.2) is 0 Å². The molecule has 82 valence electrons. The van der Waals surface area contributed by atoms with Crippen molar-refractivity contribution in [3.63, 3.8) is 0 Å². The standard InChI is InChI=1S/C11H14BrNO2/c12-10-3-1-2-4-11(10)13-5-6-15-9(7-13)8-14/h1-4,9,14H,5-8H2. The summed E-state index contributed by atoms with van der Waals surface area (Å²) in [5.41, 5.74) is 1.17. The molecule has 1 N–H and O–H groups in total. The van der Waals surface area contributed by atoms with Gasteiger partial charge in [0.2, 0.25) is 0 Å². The van der Waals surface area contributed by atoms with E-state index in [0.29, 0.717) is 6.61 Å². The molecule has 0 bridgehead atoms. The summed E-state index contributed by atoms with van der Waals surface area (Å²) in [6, 6.07) is 8.11. The first-order chi connectivity index (χ1) is 7.31. The van der Waals surface area contributed by atoms with Gasteiger partial charge in [-0.1, -0.05) is 12.1 Å². The minimum atomic E-state index is -0.0640. The molecule has 1 saturated heterocycles. The summed E-state index contributed by atoms with van der Waals surface area (Å²) in [7, 11) is 0. The van der Waals surface area contributed by atoms with E-state index in [0.717, 1.165) is 17.6 Å². The molecule has 2 rings (SSSR count). The maximum atomic E-state index is 9.06. The Morgan fingerprint density at radius 1 is 1.47 bits per heavy atom. The van der Waals surface area contributed by atoms with Crippen LogP contribution in [0.5, 0.6) is 0 Å². The number of morpholine rings is 1. The molecule has 0 aliphatic carbocycles. The third kappa shape index (κ3) is 2.51. The molecule has 1 aliphatic rings. The Labute approximate surface area is 97.8 Å². The fourth-order valence-electron chi connectivity index (χ4n) is 1.76. The lowest BCUT2D eigenvalue weighted by Gasteiger charge is -2.34. The zero-order chi connectivity index (χ0) is 10.7. The second kappa shape index (κ2) is 4.96. The number of para-hydroxylation sites is 1. The molecule has 0 amide bonds. The Morgan fingerprint density at radius 3 is 3.00 bits per heavy atom. The van der Waals surface area contributed by atoms with E-state index in [1.807, 2.05) is 18.2 Å². The number of aliphatic hydroxyl groups excluding tert-OH is 1. The predicted molar refractivity (Wildman–Crippen MR) is 63.2 cm³/mol. The molecular weight excluding hydrogens is 258 g/mol. The number of ether oxygens (including phenoxy) is 1. The molecule has 0 aromatic heterocycles. The fourth-order valence-corrected chi connectivity index (χ4v) is 2.29. The van der Waals surface area contributed by atoms with Crippen molar-refractivity contribution < 1.29 is 9.84 Å². The number of rotatable bonds is 2. The van der Waals surface area contributed by atoms with Crippen LogP contribution in [0.3, 0.4) is 0 Å². The van der Waals surface area contributed by atoms with Crippen LogP contribution in [0.15, 0.2) is 28.7 Å². The van der Waals surface area contributed by atoms with E-state index >= 15 is 0 Å². The molecule has 1 aromatic carbocycles. The van der Waals surface area contributed by atoms with E-state index in [-0.39, 0.29) is 12.7 Å². The Kier molecular flexibility index (Phi) is 3.61. The van der Waals surface area contributed by atoms with Crippen molar-refractivity contribution in [2.45, 2.75) is 6.10 Å². The van der Waals surface area contributed by atoms with Gasteiger partial charge in [-0.3, -0.25) is 0 Å². The third-order valence-corrected chi connectivity index (χ3v) is 3.21. The van der Waals surface area contributed by atoms with E-state index in [9.17, 15) is 0 Å². The summed E-state index contributed by atoms with van der Waals surface area (Å²) in [5, 5.41) is 9.06. The van der Waals surface area contributed by atoms with Crippen LogP contribution in [0, 0.1) is 0 Å². The van der Waals surface area contributed by atoms with E-state index < -0.39 is 0 Å². The van der Waals surface area contributed by atoms with Crippen molar-refractivity contribution in [3.8, 4) is 0 Å². The molecule has 1 unspecified atom stereocenters. The Balaban J connectivity index is 2.13. The lowest BCUT2D eigenvalue weighted by atomic mass is 10.2. The molecule has 15 heavy (non-hydrogen) atoms. The first-order valence-corrected chi connectivity index (χ1v) is 5.82. The highest BCUT2D eigenvalue weighted by atomic mass is 79.9. The highest BCUT2D eigenvalue weighted by molar-refractivity contribution is 9.10. The van der Waals surface area contributed by atoms with Crippen molar-refractivity contribution >= 4 is 21.6 Å². The van der Waals surface area contributed by atoms with Crippen LogP contribution in [0.2, 0.25) is 0 Å². The highest BCUT2D eigenvalue weighted by Gasteiger charge is 2.20. The quantitative estimate of drug-likeness (QED) is 0.888. The van der Waals surface area contributed by atoms with Gasteiger partial charge in [0.05, 0.1) is 25.0 Å². The number of nitrogens with zero attached hydrogens (tertiary/aromatic N) is 1. The SMILES string of the molecule is OCC1CN(c2ccccc2Br)CCO1. The predicted octanol–water partition coefficient (Wildman–Crippen LogP) is 1.65. The molecule has 0 saturated carbocycles. The summed E-state index contributed by atoms with van der Waals surface area (Å²) in [4.78, 5) is 2.23. The Morgan fingerprint density at radius 2 is 2.27 bits per heavy atom. The van der Waals surface area contributed by atoms with E-state index in [4.69, 9.17) is 9.84 Å². The van der Waals surface area contributed by atoms with Gasteiger partial charge >= 0.3 is 0 Å². The summed E-state index contributed by atoms with van der Waals surface area (Å²) in [6.45, 7) is 2.38. The van der Waals surface area contributed by atoms with Gasteiger partial charge in [0.25, 0.3) is 0 Å². The van der Waals surface area contributed by atoms with Gasteiger partial charge in [-0.15, -0.1) is 0 Å². The molecule has 1 fully saturated rings. The second-order valence-electron chi connectivity index (χ2n) is 3.57. The summed E-state index contributed by atoms with van der Waals surface area (Å²) < 4.78 is 6.50. The maximum absolute atomic E-state index is 9.06. The Bertz CT molecular complexity index is 332. The molecule has 3 nitrogen and oxygen atoms in total. The van der Waals surface area contributed by atoms with Crippen molar-refractivity contribution in [1.82, 2.24) is 0 Å². The normalized spacial score (nSPS) is 21.7. The zero-order valence-electron chi connectivity index (χ0n) is 8.40. The third-order valence-electron chi connectivity index (χ3n) is 2.54. The monoisotopic (exact) mass is 271 g/mol. The van der Waals surface area contributed by atoms with Gasteiger partial charge in [0, 0.05) is 17.6 Å². The molecule has 1 heterocycles. The van der Waals surface area contributed by atoms with Crippen LogP contribution in [0.25, 0.3) is 0 Å². The first kappa shape index (κ1) is 10.9. The number of aliphatic hydroxyl groups is 1. The van der Waals surface area contributed by atoms with Crippen LogP contribution >= 0.6 is 15.9 Å². The number of hydrogen-bond acceptors (Lipinski definition) is 3. The highest BCUT2D eigenvalue weighted by Crippen LogP contribution is 2.26. The number of hydrogen-bond donors (Lipinski definition) is 1. The van der Waals surface area contributed by atoms with Crippen molar-refractivity contribution in [2.24, 2.45) is 0 Å². The van der Waals surface area contributed by atoms with E-state index in [1.54, 1.807) is 0 Å².